The van der Waals surface area contributed by atoms with Crippen molar-refractivity contribution in [1.82, 2.24) is 20.2 Å². The van der Waals surface area contributed by atoms with E-state index in [0.29, 0.717) is 11.8 Å². The number of likely N-dealkylation sites (tertiary alicyclic amines) is 1. The Bertz CT molecular complexity index is 960. The lowest BCUT2D eigenvalue weighted by atomic mass is 10.0. The molecule has 2 aromatic heterocycles. The van der Waals surface area contributed by atoms with Gasteiger partial charge in [-0.15, -0.1) is 0 Å². The average Bonchev–Trinajstić information content (AvgIpc) is 3.29. The molecule has 0 saturated carbocycles. The fourth-order valence-corrected chi connectivity index (χ4v) is 4.21. The molecule has 2 aliphatic rings. The van der Waals surface area contributed by atoms with Crippen molar-refractivity contribution in [3.8, 4) is 11.3 Å². The molecule has 5 heteroatoms. The Kier molecular flexibility index (Phi) is 3.68. The molecular weight excluding hydrogens is 324 g/mol. The van der Waals surface area contributed by atoms with Gasteiger partial charge >= 0.3 is 0 Å². The fraction of sp³-hybridized carbons (Fsp3) is 0.286. The van der Waals surface area contributed by atoms with Crippen molar-refractivity contribution in [2.24, 2.45) is 11.8 Å². The van der Waals surface area contributed by atoms with Crippen LogP contribution in [-0.4, -0.2) is 47.0 Å². The summed E-state index contributed by atoms with van der Waals surface area (Å²) in [5.41, 5.74) is 3.39. The van der Waals surface area contributed by atoms with Crippen molar-refractivity contribution in [3.05, 3.63) is 60.4 Å². The van der Waals surface area contributed by atoms with Gasteiger partial charge in [0, 0.05) is 49.5 Å². The Morgan fingerprint density at radius 1 is 1.04 bits per heavy atom. The number of nitrogens with zero attached hydrogens (tertiary/aromatic N) is 3. The zero-order chi connectivity index (χ0) is 17.5. The van der Waals surface area contributed by atoms with Crippen LogP contribution in [0.5, 0.6) is 0 Å². The maximum absolute atomic E-state index is 13.3. The molecular formula is C21H20N4O. The van der Waals surface area contributed by atoms with Crippen LogP contribution in [-0.2, 0) is 0 Å². The highest BCUT2D eigenvalue weighted by Gasteiger charge is 2.38. The van der Waals surface area contributed by atoms with E-state index in [0.717, 1.165) is 53.9 Å². The Morgan fingerprint density at radius 2 is 1.77 bits per heavy atom. The second-order valence-corrected chi connectivity index (χ2v) is 7.20. The topological polar surface area (TPSA) is 58.1 Å². The van der Waals surface area contributed by atoms with E-state index >= 15 is 0 Å². The molecule has 0 radical (unpaired) electrons. The third-order valence-corrected chi connectivity index (χ3v) is 5.60. The molecule has 1 N–H and O–H groups in total. The largest absolute Gasteiger partial charge is 0.338 e. The second-order valence-electron chi connectivity index (χ2n) is 7.20. The number of aromatic nitrogens is 2. The van der Waals surface area contributed by atoms with Gasteiger partial charge in [0.05, 0.1) is 16.8 Å². The minimum absolute atomic E-state index is 0.119. The predicted octanol–water partition coefficient (Wildman–Crippen LogP) is 2.59. The highest BCUT2D eigenvalue weighted by molar-refractivity contribution is 6.07. The van der Waals surface area contributed by atoms with Gasteiger partial charge in [0.25, 0.3) is 5.91 Å². The number of amides is 1. The fourth-order valence-electron chi connectivity index (χ4n) is 4.21. The second kappa shape index (κ2) is 6.18. The molecule has 26 heavy (non-hydrogen) atoms. The molecule has 0 bridgehead atoms. The summed E-state index contributed by atoms with van der Waals surface area (Å²) in [4.78, 5) is 24.2. The molecule has 0 aliphatic carbocycles. The number of carbonyl (C=O) groups excluding carboxylic acids is 1. The van der Waals surface area contributed by atoms with Crippen molar-refractivity contribution in [3.63, 3.8) is 0 Å². The quantitative estimate of drug-likeness (QED) is 0.776. The van der Waals surface area contributed by atoms with E-state index in [9.17, 15) is 4.79 Å². The summed E-state index contributed by atoms with van der Waals surface area (Å²) < 4.78 is 0. The normalized spacial score (nSPS) is 21.9. The van der Waals surface area contributed by atoms with Crippen LogP contribution < -0.4 is 5.32 Å². The highest BCUT2D eigenvalue weighted by atomic mass is 16.2. The average molecular weight is 344 g/mol. The molecule has 1 aromatic carbocycles. The van der Waals surface area contributed by atoms with Gasteiger partial charge in [-0.1, -0.05) is 18.2 Å². The number of para-hydroxylation sites is 1. The third-order valence-electron chi connectivity index (χ3n) is 5.60. The monoisotopic (exact) mass is 344 g/mol. The standard InChI is InChI=1S/C21H20N4O/c26-21(25-12-15-10-23-11-16(15)13-25)18-9-20(14-5-7-22-8-6-14)24-19-4-2-1-3-17(18)19/h1-9,15-16,23H,10-13H2/t15-,16+. The van der Waals surface area contributed by atoms with Crippen LogP contribution in [0, 0.1) is 11.8 Å². The number of nitrogens with one attached hydrogen (secondary N) is 1. The molecule has 1 amide bonds. The maximum atomic E-state index is 13.3. The van der Waals surface area contributed by atoms with Crippen LogP contribution in [0.1, 0.15) is 10.4 Å². The lowest BCUT2D eigenvalue weighted by Crippen LogP contribution is -2.32. The predicted molar refractivity (Wildman–Crippen MR) is 101 cm³/mol. The van der Waals surface area contributed by atoms with Gasteiger partial charge in [0.15, 0.2) is 0 Å². The first-order valence-electron chi connectivity index (χ1n) is 9.10. The number of hydrogen-bond acceptors (Lipinski definition) is 4. The first-order chi connectivity index (χ1) is 12.8. The van der Waals surface area contributed by atoms with Crippen LogP contribution in [0.15, 0.2) is 54.9 Å². The van der Waals surface area contributed by atoms with Gasteiger partial charge in [-0.2, -0.15) is 0 Å². The summed E-state index contributed by atoms with van der Waals surface area (Å²) in [6.45, 7) is 3.73. The summed E-state index contributed by atoms with van der Waals surface area (Å²) in [6, 6.07) is 13.7. The minimum Gasteiger partial charge on any atom is -0.338 e. The van der Waals surface area contributed by atoms with Gasteiger partial charge in [0.2, 0.25) is 0 Å². The van der Waals surface area contributed by atoms with E-state index in [1.165, 1.54) is 0 Å². The Morgan fingerprint density at radius 3 is 2.54 bits per heavy atom. The number of rotatable bonds is 2. The Labute approximate surface area is 152 Å². The summed E-state index contributed by atoms with van der Waals surface area (Å²) in [5, 5.41) is 4.35. The molecule has 0 spiro atoms. The van der Waals surface area contributed by atoms with Gasteiger partial charge in [-0.25, -0.2) is 4.98 Å². The smallest absolute Gasteiger partial charge is 0.254 e. The van der Waals surface area contributed by atoms with E-state index in [1.54, 1.807) is 12.4 Å². The van der Waals surface area contributed by atoms with Crippen LogP contribution in [0.2, 0.25) is 0 Å². The van der Waals surface area contributed by atoms with Crippen LogP contribution >= 0.6 is 0 Å². The molecule has 2 aliphatic heterocycles. The molecule has 0 unspecified atom stereocenters. The summed E-state index contributed by atoms with van der Waals surface area (Å²) >= 11 is 0. The van der Waals surface area contributed by atoms with E-state index in [2.05, 4.69) is 10.3 Å². The van der Waals surface area contributed by atoms with Crippen LogP contribution in [0.25, 0.3) is 22.2 Å². The Hall–Kier alpha value is -2.79. The van der Waals surface area contributed by atoms with E-state index in [1.807, 2.05) is 47.4 Å². The number of carbonyl (C=O) groups is 1. The van der Waals surface area contributed by atoms with Gasteiger partial charge < -0.3 is 10.2 Å². The number of pyridine rings is 2. The first-order valence-corrected chi connectivity index (χ1v) is 9.10. The third kappa shape index (κ3) is 2.56. The van der Waals surface area contributed by atoms with E-state index < -0.39 is 0 Å². The molecule has 2 fully saturated rings. The minimum atomic E-state index is 0.119. The SMILES string of the molecule is O=C(c1cc(-c2ccncc2)nc2ccccc12)N1C[C@H]2CNC[C@H]2C1. The molecule has 130 valence electrons. The number of benzene rings is 1. The molecule has 3 aromatic rings. The van der Waals surface area contributed by atoms with E-state index in [-0.39, 0.29) is 5.91 Å². The summed E-state index contributed by atoms with van der Waals surface area (Å²) in [5.74, 6) is 1.30. The van der Waals surface area contributed by atoms with Crippen molar-refractivity contribution < 1.29 is 4.79 Å². The van der Waals surface area contributed by atoms with Crippen LogP contribution in [0.3, 0.4) is 0 Å². The summed E-state index contributed by atoms with van der Waals surface area (Å²) in [6.07, 6.45) is 3.50. The maximum Gasteiger partial charge on any atom is 0.254 e. The molecule has 4 heterocycles. The van der Waals surface area contributed by atoms with Gasteiger partial charge in [-0.05, 0) is 36.1 Å². The van der Waals surface area contributed by atoms with Crippen molar-refractivity contribution in [2.75, 3.05) is 26.2 Å². The van der Waals surface area contributed by atoms with Crippen molar-refractivity contribution >= 4 is 16.8 Å². The van der Waals surface area contributed by atoms with E-state index in [4.69, 9.17) is 4.98 Å². The van der Waals surface area contributed by atoms with Crippen LogP contribution in [0.4, 0.5) is 0 Å². The van der Waals surface area contributed by atoms with Crippen molar-refractivity contribution in [2.45, 2.75) is 0 Å². The highest BCUT2D eigenvalue weighted by Crippen LogP contribution is 2.30. The molecule has 2 atom stereocenters. The molecule has 2 saturated heterocycles. The molecule has 5 rings (SSSR count). The number of fused-ring (bicyclic) bond motifs is 2. The lowest BCUT2D eigenvalue weighted by molar-refractivity contribution is 0.0783. The zero-order valence-corrected chi connectivity index (χ0v) is 14.4. The lowest BCUT2D eigenvalue weighted by Gasteiger charge is -2.19. The summed E-state index contributed by atoms with van der Waals surface area (Å²) in [7, 11) is 0. The first kappa shape index (κ1) is 15.5. The van der Waals surface area contributed by atoms with Crippen molar-refractivity contribution in [1.29, 1.82) is 0 Å². The van der Waals surface area contributed by atoms with Gasteiger partial charge in [0.1, 0.15) is 0 Å². The zero-order valence-electron chi connectivity index (χ0n) is 14.4. The van der Waals surface area contributed by atoms with Gasteiger partial charge in [-0.3, -0.25) is 9.78 Å². The Balaban J connectivity index is 1.59. The number of hydrogen-bond donors (Lipinski definition) is 1. The molecule has 5 nitrogen and oxygen atoms in total.